The molecule has 0 bridgehead atoms. The minimum atomic E-state index is -4.50. The van der Waals surface area contributed by atoms with Crippen molar-refractivity contribution in [2.45, 2.75) is 19.5 Å². The Labute approximate surface area is 86.5 Å². The maximum absolute atomic E-state index is 12.5. The van der Waals surface area contributed by atoms with Gasteiger partial charge in [-0.05, 0) is 12.5 Å². The number of hydrogen-bond acceptors (Lipinski definition) is 1. The highest BCUT2D eigenvalue weighted by Crippen LogP contribution is 2.30. The highest BCUT2D eigenvalue weighted by Gasteiger charge is 2.34. The molecule has 0 amide bonds. The summed E-state index contributed by atoms with van der Waals surface area (Å²) in [4.78, 5) is 0. The lowest BCUT2D eigenvalue weighted by Gasteiger charge is -2.12. The van der Waals surface area contributed by atoms with Gasteiger partial charge in [0, 0.05) is 5.57 Å². The first-order chi connectivity index (χ1) is 6.84. The molecule has 0 aromatic heterocycles. The zero-order valence-corrected chi connectivity index (χ0v) is 8.36. The highest BCUT2D eigenvalue weighted by molar-refractivity contribution is 5.95. The Morgan fingerprint density at radius 1 is 1.47 bits per heavy atom. The molecule has 0 saturated heterocycles. The molecular weight excluding hydrogens is 205 g/mol. The lowest BCUT2D eigenvalue weighted by molar-refractivity contribution is -0.0888. The molecule has 0 rings (SSSR count). The molecule has 0 spiro atoms. The minimum Gasteiger partial charge on any atom is -0.384 e. The van der Waals surface area contributed by atoms with Crippen molar-refractivity contribution in [3.8, 4) is 0 Å². The SMILES string of the molecule is C=C/C=C\C(=C(/CC)C(=N)N)C(F)(F)F. The van der Waals surface area contributed by atoms with Crippen LogP contribution in [0.5, 0.6) is 0 Å². The van der Waals surface area contributed by atoms with Crippen molar-refractivity contribution >= 4 is 5.84 Å². The van der Waals surface area contributed by atoms with Gasteiger partial charge in [0.15, 0.2) is 0 Å². The van der Waals surface area contributed by atoms with Crippen molar-refractivity contribution in [1.82, 2.24) is 0 Å². The molecule has 2 nitrogen and oxygen atoms in total. The molecule has 0 unspecified atom stereocenters. The second-order valence-corrected chi connectivity index (χ2v) is 2.75. The van der Waals surface area contributed by atoms with E-state index >= 15 is 0 Å². The Bertz CT molecular complexity index is 311. The lowest BCUT2D eigenvalue weighted by atomic mass is 10.0. The van der Waals surface area contributed by atoms with E-state index in [1.807, 2.05) is 0 Å². The van der Waals surface area contributed by atoms with Crippen LogP contribution < -0.4 is 5.73 Å². The maximum atomic E-state index is 12.5. The van der Waals surface area contributed by atoms with Gasteiger partial charge in [-0.15, -0.1) is 0 Å². The topological polar surface area (TPSA) is 49.9 Å². The summed E-state index contributed by atoms with van der Waals surface area (Å²) >= 11 is 0. The van der Waals surface area contributed by atoms with Gasteiger partial charge in [-0.25, -0.2) is 0 Å². The zero-order chi connectivity index (χ0) is 12.1. The van der Waals surface area contributed by atoms with Crippen molar-refractivity contribution in [2.75, 3.05) is 0 Å². The van der Waals surface area contributed by atoms with Crippen molar-refractivity contribution < 1.29 is 13.2 Å². The first-order valence-corrected chi connectivity index (χ1v) is 4.28. The van der Waals surface area contributed by atoms with E-state index < -0.39 is 17.6 Å². The molecule has 0 aliphatic heterocycles. The van der Waals surface area contributed by atoms with E-state index in [-0.39, 0.29) is 12.0 Å². The fourth-order valence-corrected chi connectivity index (χ4v) is 1.06. The predicted molar refractivity (Wildman–Crippen MR) is 54.6 cm³/mol. The number of hydrogen-bond donors (Lipinski definition) is 2. The third-order valence-electron chi connectivity index (χ3n) is 1.71. The van der Waals surface area contributed by atoms with Gasteiger partial charge in [-0.2, -0.15) is 13.2 Å². The summed E-state index contributed by atoms with van der Waals surface area (Å²) in [6.07, 6.45) is -1.17. The second-order valence-electron chi connectivity index (χ2n) is 2.75. The number of halogens is 3. The van der Waals surface area contributed by atoms with Crippen LogP contribution in [0.3, 0.4) is 0 Å². The quantitative estimate of drug-likeness (QED) is 0.425. The van der Waals surface area contributed by atoms with E-state index in [1.54, 1.807) is 0 Å². The highest BCUT2D eigenvalue weighted by atomic mass is 19.4. The van der Waals surface area contributed by atoms with Crippen molar-refractivity contribution in [3.63, 3.8) is 0 Å². The van der Waals surface area contributed by atoms with Gasteiger partial charge < -0.3 is 5.73 Å². The van der Waals surface area contributed by atoms with Gasteiger partial charge in [0.25, 0.3) is 0 Å². The van der Waals surface area contributed by atoms with Crippen molar-refractivity contribution in [2.24, 2.45) is 5.73 Å². The Kier molecular flexibility index (Phi) is 4.84. The van der Waals surface area contributed by atoms with Crippen LogP contribution in [0.15, 0.2) is 36.0 Å². The Morgan fingerprint density at radius 2 is 2.00 bits per heavy atom. The first kappa shape index (κ1) is 13.5. The molecule has 0 aromatic carbocycles. The summed E-state index contributed by atoms with van der Waals surface area (Å²) in [5.74, 6) is -0.557. The summed E-state index contributed by atoms with van der Waals surface area (Å²) in [5, 5.41) is 7.06. The summed E-state index contributed by atoms with van der Waals surface area (Å²) in [6.45, 7) is 4.80. The fourth-order valence-electron chi connectivity index (χ4n) is 1.06. The number of allylic oxidation sites excluding steroid dienone is 4. The van der Waals surface area contributed by atoms with Crippen LogP contribution >= 0.6 is 0 Å². The van der Waals surface area contributed by atoms with Gasteiger partial charge >= 0.3 is 6.18 Å². The molecule has 0 aromatic rings. The number of rotatable bonds is 4. The molecule has 0 fully saturated rings. The van der Waals surface area contributed by atoms with Gasteiger partial charge in [-0.1, -0.05) is 25.7 Å². The molecular formula is C10H13F3N2. The number of nitrogens with one attached hydrogen (secondary N) is 1. The first-order valence-electron chi connectivity index (χ1n) is 4.28. The molecule has 3 N–H and O–H groups in total. The Hall–Kier alpha value is -1.52. The van der Waals surface area contributed by atoms with E-state index in [4.69, 9.17) is 11.1 Å². The van der Waals surface area contributed by atoms with E-state index in [0.717, 1.165) is 6.08 Å². The summed E-state index contributed by atoms with van der Waals surface area (Å²) in [5.41, 5.74) is 3.98. The summed E-state index contributed by atoms with van der Waals surface area (Å²) < 4.78 is 37.6. The number of alkyl halides is 3. The summed E-state index contributed by atoms with van der Waals surface area (Å²) in [7, 11) is 0. The lowest BCUT2D eigenvalue weighted by Crippen LogP contribution is -2.21. The predicted octanol–water partition coefficient (Wildman–Crippen LogP) is 2.93. The third-order valence-corrected chi connectivity index (χ3v) is 1.71. The van der Waals surface area contributed by atoms with Gasteiger partial charge in [-0.3, -0.25) is 5.41 Å². The smallest absolute Gasteiger partial charge is 0.384 e. The Balaban J connectivity index is 5.50. The zero-order valence-electron chi connectivity index (χ0n) is 8.36. The largest absolute Gasteiger partial charge is 0.416 e. The molecule has 0 atom stereocenters. The average Bonchev–Trinajstić information content (AvgIpc) is 2.09. The van der Waals surface area contributed by atoms with Crippen LogP contribution in [0, 0.1) is 5.41 Å². The van der Waals surface area contributed by atoms with Crippen molar-refractivity contribution in [1.29, 1.82) is 5.41 Å². The number of nitrogens with two attached hydrogens (primary N) is 1. The molecule has 5 heteroatoms. The van der Waals surface area contributed by atoms with Gasteiger partial charge in [0.05, 0.1) is 5.57 Å². The van der Waals surface area contributed by atoms with Crippen LogP contribution in [0.25, 0.3) is 0 Å². The third kappa shape index (κ3) is 4.01. The van der Waals surface area contributed by atoms with E-state index in [9.17, 15) is 13.2 Å². The standard InChI is InChI=1S/C10H13F3N2/c1-3-5-6-8(10(11,12)13)7(4-2)9(14)15/h3,5-6H,1,4H2,2H3,(H3,14,15)/b6-5-,8-7-. The molecule has 0 radical (unpaired) electrons. The average molecular weight is 218 g/mol. The maximum Gasteiger partial charge on any atom is 0.416 e. The van der Waals surface area contributed by atoms with Crippen molar-refractivity contribution in [3.05, 3.63) is 36.0 Å². The fraction of sp³-hybridized carbons (Fsp3) is 0.300. The van der Waals surface area contributed by atoms with Crippen LogP contribution in [0.1, 0.15) is 13.3 Å². The molecule has 15 heavy (non-hydrogen) atoms. The van der Waals surface area contributed by atoms with E-state index in [0.29, 0.717) is 0 Å². The molecule has 0 saturated carbocycles. The second kappa shape index (κ2) is 5.38. The van der Waals surface area contributed by atoms with Crippen LogP contribution in [0.4, 0.5) is 13.2 Å². The van der Waals surface area contributed by atoms with Gasteiger partial charge in [0.2, 0.25) is 0 Å². The van der Waals surface area contributed by atoms with E-state index in [1.165, 1.54) is 19.1 Å². The monoisotopic (exact) mass is 218 g/mol. The molecule has 0 heterocycles. The minimum absolute atomic E-state index is 0.0612. The van der Waals surface area contributed by atoms with E-state index in [2.05, 4.69) is 6.58 Å². The van der Waals surface area contributed by atoms with Gasteiger partial charge in [0.1, 0.15) is 5.84 Å². The molecule has 0 aliphatic carbocycles. The molecule has 84 valence electrons. The molecule has 0 aliphatic rings. The number of amidine groups is 1. The Morgan fingerprint density at radius 3 is 2.27 bits per heavy atom. The van der Waals surface area contributed by atoms with Crippen LogP contribution in [-0.2, 0) is 0 Å². The normalized spacial score (nSPS) is 13.9. The van der Waals surface area contributed by atoms with Crippen LogP contribution in [0.2, 0.25) is 0 Å². The van der Waals surface area contributed by atoms with Crippen LogP contribution in [-0.4, -0.2) is 12.0 Å². The summed E-state index contributed by atoms with van der Waals surface area (Å²) in [6, 6.07) is 0.